The SMILES string of the molecule is CCC1(CC)CCN(c2cccc(-c3cnc4[nH]cc(CC(C)(C)C=O)c4n3)c2)C1. The summed E-state index contributed by atoms with van der Waals surface area (Å²) in [5.74, 6) is 0. The molecule has 3 aromatic rings. The second-order valence-electron chi connectivity index (χ2n) is 9.48. The maximum absolute atomic E-state index is 11.4. The number of benzene rings is 1. The number of fused-ring (bicyclic) bond motifs is 1. The highest BCUT2D eigenvalue weighted by Crippen LogP contribution is 2.39. The van der Waals surface area contributed by atoms with Crippen LogP contribution in [-0.2, 0) is 11.2 Å². The van der Waals surface area contributed by atoms with Gasteiger partial charge in [-0.25, -0.2) is 9.97 Å². The molecule has 0 unspecified atom stereocenters. The first kappa shape index (κ1) is 20.6. The van der Waals surface area contributed by atoms with E-state index in [9.17, 15) is 4.79 Å². The molecule has 30 heavy (non-hydrogen) atoms. The van der Waals surface area contributed by atoms with Crippen molar-refractivity contribution in [3.63, 3.8) is 0 Å². The first-order valence-corrected chi connectivity index (χ1v) is 11.0. The fourth-order valence-electron chi connectivity index (χ4n) is 4.59. The molecule has 0 bridgehead atoms. The smallest absolute Gasteiger partial charge is 0.156 e. The first-order valence-electron chi connectivity index (χ1n) is 11.0. The third-order valence-electron chi connectivity index (χ3n) is 6.87. The molecule has 0 spiro atoms. The summed E-state index contributed by atoms with van der Waals surface area (Å²) in [6, 6.07) is 8.65. The number of nitrogens with zero attached hydrogens (tertiary/aromatic N) is 3. The van der Waals surface area contributed by atoms with Crippen LogP contribution >= 0.6 is 0 Å². The van der Waals surface area contributed by atoms with Crippen molar-refractivity contribution in [3.05, 3.63) is 42.2 Å². The highest BCUT2D eigenvalue weighted by atomic mass is 16.1. The Bertz CT molecular complexity index is 1050. The van der Waals surface area contributed by atoms with Crippen LogP contribution in [0.4, 0.5) is 5.69 Å². The Morgan fingerprint density at radius 3 is 2.77 bits per heavy atom. The molecule has 1 saturated heterocycles. The predicted octanol–water partition coefficient (Wildman–Crippen LogP) is 5.41. The molecule has 1 fully saturated rings. The van der Waals surface area contributed by atoms with E-state index in [1.807, 2.05) is 26.2 Å². The Balaban J connectivity index is 1.65. The topological polar surface area (TPSA) is 61.9 Å². The highest BCUT2D eigenvalue weighted by Gasteiger charge is 2.35. The number of aromatic nitrogens is 3. The van der Waals surface area contributed by atoms with Crippen LogP contribution < -0.4 is 4.90 Å². The number of aldehydes is 1. The van der Waals surface area contributed by atoms with Crippen LogP contribution in [0.2, 0.25) is 0 Å². The lowest BCUT2D eigenvalue weighted by atomic mass is 9.82. The normalized spacial score (nSPS) is 16.3. The minimum absolute atomic E-state index is 0.423. The van der Waals surface area contributed by atoms with Crippen LogP contribution in [0.1, 0.15) is 52.5 Å². The van der Waals surface area contributed by atoms with E-state index in [1.165, 1.54) is 24.9 Å². The lowest BCUT2D eigenvalue weighted by molar-refractivity contribution is -0.114. The number of rotatable bonds is 7. The zero-order valence-electron chi connectivity index (χ0n) is 18.5. The molecule has 1 aromatic carbocycles. The molecule has 3 heterocycles. The summed E-state index contributed by atoms with van der Waals surface area (Å²) < 4.78 is 0. The third-order valence-corrected chi connectivity index (χ3v) is 6.87. The van der Waals surface area contributed by atoms with E-state index >= 15 is 0 Å². The summed E-state index contributed by atoms with van der Waals surface area (Å²) in [7, 11) is 0. The standard InChI is InChI=1S/C25H32N4O/c1-5-25(6-2)10-11-29(16-25)20-9-7-8-18(12-20)21-15-27-23-22(28-21)19(14-26-23)13-24(3,4)17-30/h7-9,12,14-15,17H,5-6,10-11,13,16H2,1-4H3,(H,26,27). The maximum Gasteiger partial charge on any atom is 0.156 e. The molecule has 0 saturated carbocycles. The van der Waals surface area contributed by atoms with E-state index in [0.29, 0.717) is 11.8 Å². The molecule has 1 N–H and O–H groups in total. The van der Waals surface area contributed by atoms with Crippen molar-refractivity contribution in [1.29, 1.82) is 0 Å². The van der Waals surface area contributed by atoms with Gasteiger partial charge in [-0.3, -0.25) is 0 Å². The molecule has 4 rings (SSSR count). The van der Waals surface area contributed by atoms with E-state index in [1.54, 1.807) is 0 Å². The van der Waals surface area contributed by atoms with Crippen LogP contribution in [0.5, 0.6) is 0 Å². The number of anilines is 1. The van der Waals surface area contributed by atoms with Gasteiger partial charge >= 0.3 is 0 Å². The molecule has 5 heteroatoms. The molecule has 158 valence electrons. The van der Waals surface area contributed by atoms with Crippen LogP contribution in [-0.4, -0.2) is 34.3 Å². The van der Waals surface area contributed by atoms with Gasteiger partial charge in [0.25, 0.3) is 0 Å². The lowest BCUT2D eigenvalue weighted by Crippen LogP contribution is -2.26. The first-order chi connectivity index (χ1) is 14.4. The van der Waals surface area contributed by atoms with Gasteiger partial charge in [-0.1, -0.05) is 39.8 Å². The van der Waals surface area contributed by atoms with Crippen molar-refractivity contribution in [2.24, 2.45) is 10.8 Å². The minimum atomic E-state index is -0.423. The molecule has 0 radical (unpaired) electrons. The molecule has 0 atom stereocenters. The average molecular weight is 405 g/mol. The van der Waals surface area contributed by atoms with Gasteiger partial charge in [-0.05, 0) is 48.8 Å². The van der Waals surface area contributed by atoms with Crippen molar-refractivity contribution < 1.29 is 4.79 Å². The Morgan fingerprint density at radius 2 is 2.07 bits per heavy atom. The Hall–Kier alpha value is -2.69. The second-order valence-corrected chi connectivity index (χ2v) is 9.48. The quantitative estimate of drug-likeness (QED) is 0.535. The van der Waals surface area contributed by atoms with Crippen LogP contribution in [0.15, 0.2) is 36.7 Å². The average Bonchev–Trinajstić information content (AvgIpc) is 3.38. The summed E-state index contributed by atoms with van der Waals surface area (Å²) in [4.78, 5) is 26.6. The van der Waals surface area contributed by atoms with Crippen molar-refractivity contribution in [3.8, 4) is 11.3 Å². The van der Waals surface area contributed by atoms with Crippen molar-refractivity contribution >= 4 is 23.1 Å². The van der Waals surface area contributed by atoms with Crippen LogP contribution in [0.3, 0.4) is 0 Å². The number of hydrogen-bond donors (Lipinski definition) is 1. The molecule has 5 nitrogen and oxygen atoms in total. The van der Waals surface area contributed by atoms with E-state index in [2.05, 4.69) is 53.0 Å². The Labute approximate surface area is 178 Å². The maximum atomic E-state index is 11.4. The van der Waals surface area contributed by atoms with Crippen molar-refractivity contribution in [2.45, 2.75) is 53.4 Å². The molecule has 1 aliphatic rings. The minimum Gasteiger partial charge on any atom is -0.371 e. The van der Waals surface area contributed by atoms with Gasteiger partial charge in [0, 0.05) is 36.0 Å². The zero-order valence-corrected chi connectivity index (χ0v) is 18.5. The number of carbonyl (C=O) groups is 1. The summed E-state index contributed by atoms with van der Waals surface area (Å²) >= 11 is 0. The second kappa shape index (κ2) is 7.86. The summed E-state index contributed by atoms with van der Waals surface area (Å²) in [6.45, 7) is 10.8. The number of aromatic amines is 1. The lowest BCUT2D eigenvalue weighted by Gasteiger charge is -2.27. The van der Waals surface area contributed by atoms with Crippen molar-refractivity contribution in [2.75, 3.05) is 18.0 Å². The van der Waals surface area contributed by atoms with Gasteiger partial charge in [-0.2, -0.15) is 0 Å². The van der Waals surface area contributed by atoms with Crippen LogP contribution in [0.25, 0.3) is 22.4 Å². The number of carbonyl (C=O) groups excluding carboxylic acids is 1. The van der Waals surface area contributed by atoms with Gasteiger partial charge in [0.05, 0.1) is 11.9 Å². The number of hydrogen-bond acceptors (Lipinski definition) is 4. The molecule has 1 aliphatic heterocycles. The highest BCUT2D eigenvalue weighted by molar-refractivity contribution is 5.79. The van der Waals surface area contributed by atoms with E-state index < -0.39 is 5.41 Å². The fourth-order valence-corrected chi connectivity index (χ4v) is 4.59. The van der Waals surface area contributed by atoms with Gasteiger partial charge < -0.3 is 14.7 Å². The fraction of sp³-hybridized carbons (Fsp3) is 0.480. The van der Waals surface area contributed by atoms with Crippen LogP contribution in [0, 0.1) is 10.8 Å². The predicted molar refractivity (Wildman–Crippen MR) is 123 cm³/mol. The molecular weight excluding hydrogens is 372 g/mol. The summed E-state index contributed by atoms with van der Waals surface area (Å²) in [5, 5.41) is 0. The van der Waals surface area contributed by atoms with Gasteiger partial charge in [0.15, 0.2) is 5.65 Å². The molecule has 0 amide bonds. The van der Waals surface area contributed by atoms with Gasteiger partial charge in [0.2, 0.25) is 0 Å². The summed E-state index contributed by atoms with van der Waals surface area (Å²) in [6.07, 6.45) is 9.13. The summed E-state index contributed by atoms with van der Waals surface area (Å²) in [5.41, 5.74) is 5.87. The van der Waals surface area contributed by atoms with E-state index in [-0.39, 0.29) is 0 Å². The molecule has 0 aliphatic carbocycles. The van der Waals surface area contributed by atoms with Gasteiger partial charge in [0.1, 0.15) is 11.8 Å². The zero-order chi connectivity index (χ0) is 21.4. The molecular formula is C25H32N4O. The van der Waals surface area contributed by atoms with E-state index in [4.69, 9.17) is 4.98 Å². The molecule has 2 aromatic heterocycles. The largest absolute Gasteiger partial charge is 0.371 e. The Morgan fingerprint density at radius 1 is 1.27 bits per heavy atom. The van der Waals surface area contributed by atoms with E-state index in [0.717, 1.165) is 47.4 Å². The monoisotopic (exact) mass is 404 g/mol. The number of H-pyrrole nitrogens is 1. The van der Waals surface area contributed by atoms with Gasteiger partial charge in [-0.15, -0.1) is 0 Å². The third kappa shape index (κ3) is 3.85. The Kier molecular flexibility index (Phi) is 5.39. The number of nitrogens with one attached hydrogen (secondary N) is 1. The van der Waals surface area contributed by atoms with Crippen molar-refractivity contribution in [1.82, 2.24) is 15.0 Å².